The minimum absolute atomic E-state index is 0.0380. The van der Waals surface area contributed by atoms with Gasteiger partial charge in [0.25, 0.3) is 0 Å². The Hall–Kier alpha value is -3.82. The van der Waals surface area contributed by atoms with Crippen LogP contribution in [-0.4, -0.2) is 60.7 Å². The van der Waals surface area contributed by atoms with Crippen LogP contribution in [0.2, 0.25) is 10.0 Å². The van der Waals surface area contributed by atoms with E-state index >= 15 is 0 Å². The predicted octanol–water partition coefficient (Wildman–Crippen LogP) is 4.52. The summed E-state index contributed by atoms with van der Waals surface area (Å²) in [4.78, 5) is 38.5. The number of piperidine rings is 1. The second-order valence-electron chi connectivity index (χ2n) is 9.88. The fraction of sp³-hybridized carbons (Fsp3) is 0.440. The van der Waals surface area contributed by atoms with Gasteiger partial charge in [0.2, 0.25) is 17.8 Å². The van der Waals surface area contributed by atoms with Crippen molar-refractivity contribution in [1.82, 2.24) is 24.4 Å². The lowest BCUT2D eigenvalue weighted by Gasteiger charge is -2.31. The Morgan fingerprint density at radius 3 is 2.49 bits per heavy atom. The van der Waals surface area contributed by atoms with E-state index in [4.69, 9.17) is 38.9 Å². The summed E-state index contributed by atoms with van der Waals surface area (Å²) < 4.78 is 1.97. The Morgan fingerprint density at radius 1 is 1.13 bits per heavy atom. The number of primary amides is 1. The number of hydrogen-bond acceptors (Lipinski definition) is 8. The van der Waals surface area contributed by atoms with Crippen LogP contribution in [0.15, 0.2) is 18.3 Å². The van der Waals surface area contributed by atoms with Crippen molar-refractivity contribution in [2.75, 3.05) is 23.7 Å². The highest BCUT2D eigenvalue weighted by Gasteiger charge is 2.30. The highest BCUT2D eigenvalue weighted by Crippen LogP contribution is 2.39. The number of hydrogen-bond donors (Lipinski definition) is 4. The molecule has 1 aromatic carbocycles. The molecule has 39 heavy (non-hydrogen) atoms. The maximum atomic E-state index is 11.8. The van der Waals surface area contributed by atoms with Gasteiger partial charge in [0.05, 0.1) is 33.6 Å². The van der Waals surface area contributed by atoms with Crippen molar-refractivity contribution in [3.63, 3.8) is 0 Å². The topological polar surface area (TPSA) is 175 Å². The smallest absolute Gasteiger partial charge is 0.407 e. The molecular weight excluding hydrogens is 545 g/mol. The average molecular weight is 572 g/mol. The van der Waals surface area contributed by atoms with Crippen LogP contribution in [0.4, 0.5) is 22.4 Å². The van der Waals surface area contributed by atoms with Gasteiger partial charge in [-0.2, -0.15) is 10.2 Å². The summed E-state index contributed by atoms with van der Waals surface area (Å²) in [6.45, 7) is 0.846. The maximum absolute atomic E-state index is 11.8. The summed E-state index contributed by atoms with van der Waals surface area (Å²) in [6.07, 6.45) is 4.86. The van der Waals surface area contributed by atoms with Gasteiger partial charge in [-0.25, -0.2) is 14.8 Å². The van der Waals surface area contributed by atoms with Crippen molar-refractivity contribution in [2.45, 2.75) is 50.6 Å². The largest absolute Gasteiger partial charge is 0.465 e. The molecule has 2 aliphatic rings. The molecule has 1 aliphatic carbocycles. The number of aromatic nitrogens is 4. The van der Waals surface area contributed by atoms with Gasteiger partial charge in [0.1, 0.15) is 5.52 Å². The quantitative estimate of drug-likeness (QED) is 0.331. The Bertz CT molecular complexity index is 1440. The zero-order valence-corrected chi connectivity index (χ0v) is 22.4. The number of carboxylic acid groups (broad SMARTS) is 1. The molecule has 14 heteroatoms. The molecule has 3 aromatic rings. The molecule has 3 heterocycles. The highest BCUT2D eigenvalue weighted by atomic mass is 35.5. The van der Waals surface area contributed by atoms with Gasteiger partial charge < -0.3 is 26.4 Å². The number of carbonyl (C=O) groups excluding carboxylic acids is 1. The number of nitrogens with two attached hydrogens (primary N) is 1. The number of nitriles is 1. The predicted molar refractivity (Wildman–Crippen MR) is 146 cm³/mol. The van der Waals surface area contributed by atoms with Crippen LogP contribution < -0.4 is 16.4 Å². The van der Waals surface area contributed by atoms with E-state index in [1.165, 1.54) is 17.0 Å². The number of nitrogens with zero attached hydrogens (tertiary/aromatic N) is 6. The Labute approximate surface area is 234 Å². The summed E-state index contributed by atoms with van der Waals surface area (Å²) >= 11 is 12.9. The lowest BCUT2D eigenvalue weighted by molar-refractivity contribution is -0.122. The monoisotopic (exact) mass is 571 g/mol. The third kappa shape index (κ3) is 5.65. The van der Waals surface area contributed by atoms with Crippen molar-refractivity contribution in [1.29, 1.82) is 5.26 Å². The molecule has 0 spiro atoms. The number of rotatable bonds is 6. The number of carbonyl (C=O) groups is 2. The Kier molecular flexibility index (Phi) is 7.63. The van der Waals surface area contributed by atoms with Crippen LogP contribution >= 0.6 is 23.2 Å². The Balaban J connectivity index is 1.50. The van der Waals surface area contributed by atoms with Gasteiger partial charge in [-0.3, -0.25) is 9.36 Å². The molecule has 1 saturated heterocycles. The number of halogens is 2. The van der Waals surface area contributed by atoms with Gasteiger partial charge in [-0.05, 0) is 50.7 Å². The molecule has 2 amide bonds. The van der Waals surface area contributed by atoms with Crippen molar-refractivity contribution in [3.8, 4) is 6.07 Å². The molecule has 2 fully saturated rings. The van der Waals surface area contributed by atoms with Gasteiger partial charge in [0.15, 0.2) is 5.65 Å². The molecular formula is C25H27Cl2N9O3. The van der Waals surface area contributed by atoms with E-state index in [1.807, 2.05) is 10.6 Å². The molecule has 0 radical (unpaired) electrons. The van der Waals surface area contributed by atoms with Gasteiger partial charge in [-0.1, -0.05) is 23.2 Å². The minimum atomic E-state index is -0.946. The lowest BCUT2D eigenvalue weighted by Crippen LogP contribution is -2.44. The van der Waals surface area contributed by atoms with E-state index in [0.717, 1.165) is 12.8 Å². The number of anilines is 3. The van der Waals surface area contributed by atoms with Gasteiger partial charge in [-0.15, -0.1) is 0 Å². The molecule has 12 nitrogen and oxygen atoms in total. The number of imidazole rings is 1. The zero-order valence-electron chi connectivity index (χ0n) is 20.9. The number of amides is 2. The van der Waals surface area contributed by atoms with Crippen LogP contribution in [0.25, 0.3) is 11.2 Å². The molecule has 2 aromatic heterocycles. The number of fused-ring (bicyclic) bond motifs is 1. The molecule has 1 aliphatic heterocycles. The first kappa shape index (κ1) is 26.8. The van der Waals surface area contributed by atoms with Crippen molar-refractivity contribution in [3.05, 3.63) is 33.9 Å². The molecule has 1 saturated carbocycles. The third-order valence-electron chi connectivity index (χ3n) is 7.33. The van der Waals surface area contributed by atoms with Crippen LogP contribution in [-0.2, 0) is 4.79 Å². The van der Waals surface area contributed by atoms with Crippen molar-refractivity contribution < 1.29 is 14.7 Å². The SMILES string of the molecule is N#Cc1cc(Cl)c(Nc2nc3cnc(NC4CCCN(C(=O)O)C4)nc3n2[C@H]2CC[C@H](C(N)=O)CC2)c(Cl)c1. The second-order valence-corrected chi connectivity index (χ2v) is 10.7. The normalized spacial score (nSPS) is 21.4. The van der Waals surface area contributed by atoms with Crippen LogP contribution in [0.3, 0.4) is 0 Å². The van der Waals surface area contributed by atoms with Crippen molar-refractivity contribution >= 4 is 64.0 Å². The number of likely N-dealkylation sites (tertiary alicyclic amines) is 1. The maximum Gasteiger partial charge on any atom is 0.407 e. The summed E-state index contributed by atoms with van der Waals surface area (Å²) in [7, 11) is 0. The first-order valence-electron chi connectivity index (χ1n) is 12.7. The van der Waals surface area contributed by atoms with E-state index in [2.05, 4.69) is 15.6 Å². The molecule has 204 valence electrons. The van der Waals surface area contributed by atoms with Gasteiger partial charge >= 0.3 is 6.09 Å². The molecule has 1 unspecified atom stereocenters. The van der Waals surface area contributed by atoms with E-state index in [9.17, 15) is 20.0 Å². The molecule has 5 N–H and O–H groups in total. The molecule has 0 bridgehead atoms. The number of nitrogens with one attached hydrogen (secondary N) is 2. The van der Waals surface area contributed by atoms with E-state index in [-0.39, 0.29) is 34.0 Å². The molecule has 1 atom stereocenters. The average Bonchev–Trinajstić information content (AvgIpc) is 3.28. The van der Waals surface area contributed by atoms with Crippen LogP contribution in [0, 0.1) is 17.2 Å². The molecule has 5 rings (SSSR count). The first-order valence-corrected chi connectivity index (χ1v) is 13.4. The lowest BCUT2D eigenvalue weighted by atomic mass is 9.85. The standard InChI is InChI=1S/C25H27Cl2N9O3/c26-17-8-13(10-28)9-18(27)20(17)33-24-32-19-11-30-23(31-15-2-1-7-35(12-15)25(38)39)34-22(19)36(24)16-5-3-14(4-6-16)21(29)37/h8-9,11,14-16H,1-7,12H2,(H2,29,37)(H,32,33)(H,38,39)(H,30,31,34)/t14-,15?,16-. The Morgan fingerprint density at radius 2 is 1.85 bits per heavy atom. The zero-order chi connectivity index (χ0) is 27.7. The number of benzene rings is 1. The minimum Gasteiger partial charge on any atom is -0.465 e. The first-order chi connectivity index (χ1) is 18.7. The summed E-state index contributed by atoms with van der Waals surface area (Å²) in [5.41, 5.74) is 7.41. The third-order valence-corrected chi connectivity index (χ3v) is 7.93. The van der Waals surface area contributed by atoms with Crippen LogP contribution in [0.5, 0.6) is 0 Å². The van der Waals surface area contributed by atoms with E-state index < -0.39 is 6.09 Å². The van der Waals surface area contributed by atoms with Crippen molar-refractivity contribution in [2.24, 2.45) is 11.7 Å². The van der Waals surface area contributed by atoms with E-state index in [1.54, 1.807) is 6.20 Å². The fourth-order valence-corrected chi connectivity index (χ4v) is 5.91. The van der Waals surface area contributed by atoms with Crippen LogP contribution in [0.1, 0.15) is 50.1 Å². The summed E-state index contributed by atoms with van der Waals surface area (Å²) in [5, 5.41) is 25.6. The highest BCUT2D eigenvalue weighted by molar-refractivity contribution is 6.39. The summed E-state index contributed by atoms with van der Waals surface area (Å²) in [6, 6.07) is 4.91. The second kappa shape index (κ2) is 11.1. The summed E-state index contributed by atoms with van der Waals surface area (Å²) in [5.74, 6) is 0.343. The fourth-order valence-electron chi connectivity index (χ4n) is 5.33. The van der Waals surface area contributed by atoms with Gasteiger partial charge in [0, 0.05) is 31.1 Å². The van der Waals surface area contributed by atoms with E-state index in [0.29, 0.717) is 73.1 Å².